The Balaban J connectivity index is 1.79. The van der Waals surface area contributed by atoms with Crippen molar-refractivity contribution in [2.75, 3.05) is 13.1 Å². The molecule has 134 valence electrons. The zero-order valence-electron chi connectivity index (χ0n) is 14.7. The van der Waals surface area contributed by atoms with Gasteiger partial charge in [-0.15, -0.1) is 0 Å². The van der Waals surface area contributed by atoms with Crippen LogP contribution in [-0.2, 0) is 21.0 Å². The van der Waals surface area contributed by atoms with E-state index in [1.807, 2.05) is 44.1 Å². The van der Waals surface area contributed by atoms with Gasteiger partial charge in [-0.25, -0.2) is 16.9 Å². The van der Waals surface area contributed by atoms with Crippen molar-refractivity contribution in [3.63, 3.8) is 0 Å². The first-order chi connectivity index (χ1) is 11.1. The SMILES string of the molecule is Cc1ccc(S(=O)(=O)N2CCC[C@@H]3[C@H](C2)N3[S@](=O)C(C)(C)C)cc1. The van der Waals surface area contributed by atoms with E-state index in [-0.39, 0.29) is 16.8 Å². The van der Waals surface area contributed by atoms with Crippen molar-refractivity contribution in [1.29, 1.82) is 0 Å². The predicted octanol–water partition coefficient (Wildman–Crippen LogP) is 2.29. The fourth-order valence-corrected chi connectivity index (χ4v) is 6.27. The van der Waals surface area contributed by atoms with Crippen molar-refractivity contribution in [3.8, 4) is 0 Å². The molecule has 0 aliphatic carbocycles. The van der Waals surface area contributed by atoms with Crippen molar-refractivity contribution >= 4 is 21.0 Å². The second kappa shape index (κ2) is 6.20. The van der Waals surface area contributed by atoms with E-state index in [1.54, 1.807) is 16.4 Å². The van der Waals surface area contributed by atoms with Crippen LogP contribution in [0.15, 0.2) is 29.2 Å². The maximum absolute atomic E-state index is 12.9. The molecule has 0 radical (unpaired) electrons. The molecule has 2 heterocycles. The predicted molar refractivity (Wildman–Crippen MR) is 96.5 cm³/mol. The number of rotatable bonds is 3. The Kier molecular flexibility index (Phi) is 4.66. The van der Waals surface area contributed by atoms with Gasteiger partial charge in [-0.2, -0.15) is 4.31 Å². The monoisotopic (exact) mass is 370 g/mol. The van der Waals surface area contributed by atoms with Gasteiger partial charge in [-0.1, -0.05) is 17.7 Å². The lowest BCUT2D eigenvalue weighted by molar-refractivity contribution is 0.399. The van der Waals surface area contributed by atoms with Gasteiger partial charge in [0.25, 0.3) is 0 Å². The highest BCUT2D eigenvalue weighted by Crippen LogP contribution is 2.40. The van der Waals surface area contributed by atoms with Crippen LogP contribution in [0, 0.1) is 6.92 Å². The number of nitrogens with zero attached hydrogens (tertiary/aromatic N) is 2. The smallest absolute Gasteiger partial charge is 0.242 e. The summed E-state index contributed by atoms with van der Waals surface area (Å²) in [5.74, 6) is 0. The third-order valence-corrected chi connectivity index (χ3v) is 8.53. The highest BCUT2D eigenvalue weighted by atomic mass is 32.2. The Bertz CT molecular complexity index is 738. The van der Waals surface area contributed by atoms with Crippen LogP contribution in [0.5, 0.6) is 0 Å². The summed E-state index contributed by atoms with van der Waals surface area (Å²) in [6.45, 7) is 8.80. The second-order valence-corrected chi connectivity index (χ2v) is 11.8. The molecular formula is C17H26N2O3S2. The van der Waals surface area contributed by atoms with E-state index in [0.717, 1.165) is 18.4 Å². The molecule has 0 amide bonds. The fraction of sp³-hybridized carbons (Fsp3) is 0.647. The Hall–Kier alpha value is -0.760. The lowest BCUT2D eigenvalue weighted by atomic mass is 10.2. The summed E-state index contributed by atoms with van der Waals surface area (Å²) >= 11 is 0. The molecule has 7 heteroatoms. The molecule has 0 saturated carbocycles. The van der Waals surface area contributed by atoms with E-state index >= 15 is 0 Å². The Morgan fingerprint density at radius 2 is 1.75 bits per heavy atom. The minimum atomic E-state index is -3.49. The van der Waals surface area contributed by atoms with Gasteiger partial charge in [-0.3, -0.25) is 0 Å². The molecular weight excluding hydrogens is 344 g/mol. The second-order valence-electron chi connectivity index (χ2n) is 7.67. The Labute approximate surface area is 147 Å². The zero-order valence-corrected chi connectivity index (χ0v) is 16.4. The number of aryl methyl sites for hydroxylation is 1. The van der Waals surface area contributed by atoms with Gasteiger partial charge in [0.15, 0.2) is 0 Å². The zero-order chi connectivity index (χ0) is 17.7. The summed E-state index contributed by atoms with van der Waals surface area (Å²) in [6, 6.07) is 7.32. The lowest BCUT2D eigenvalue weighted by Gasteiger charge is -2.23. The van der Waals surface area contributed by atoms with Gasteiger partial charge in [0.05, 0.1) is 15.7 Å². The first-order valence-corrected chi connectivity index (χ1v) is 10.9. The van der Waals surface area contributed by atoms with Gasteiger partial charge in [0.1, 0.15) is 11.0 Å². The van der Waals surface area contributed by atoms with E-state index in [1.165, 1.54) is 0 Å². The van der Waals surface area contributed by atoms with Crippen LogP contribution in [0.1, 0.15) is 39.2 Å². The lowest BCUT2D eigenvalue weighted by Crippen LogP contribution is -2.37. The maximum atomic E-state index is 12.9. The Morgan fingerprint density at radius 1 is 1.12 bits per heavy atom. The molecule has 0 spiro atoms. The summed E-state index contributed by atoms with van der Waals surface area (Å²) in [6.07, 6.45) is 1.72. The van der Waals surface area contributed by atoms with Crippen molar-refractivity contribution < 1.29 is 12.6 Å². The highest BCUT2D eigenvalue weighted by molar-refractivity contribution is 7.89. The standard InChI is InChI=1S/C17H26N2O3S2/c1-13-7-9-14(10-8-13)24(21,22)18-11-5-6-15-16(12-18)19(15)23(20)17(2,3)4/h7-10,15-16H,5-6,11-12H2,1-4H3/t15-,16+,19?,23-/m1/s1. The summed E-state index contributed by atoms with van der Waals surface area (Å²) in [5.41, 5.74) is 1.04. The number of sulfonamides is 1. The highest BCUT2D eigenvalue weighted by Gasteiger charge is 2.55. The van der Waals surface area contributed by atoms with E-state index < -0.39 is 21.0 Å². The molecule has 2 aliphatic rings. The summed E-state index contributed by atoms with van der Waals surface area (Å²) in [4.78, 5) is 0.343. The molecule has 3 rings (SSSR count). The number of hydrogen-bond acceptors (Lipinski definition) is 3. The van der Waals surface area contributed by atoms with Gasteiger partial charge in [-0.05, 0) is 52.7 Å². The molecule has 1 aromatic carbocycles. The van der Waals surface area contributed by atoms with Gasteiger partial charge >= 0.3 is 0 Å². The molecule has 0 aromatic heterocycles. The first kappa shape index (κ1) is 18.0. The topological polar surface area (TPSA) is 57.5 Å². The van der Waals surface area contributed by atoms with Crippen LogP contribution in [0.4, 0.5) is 0 Å². The van der Waals surface area contributed by atoms with Crippen molar-refractivity contribution in [2.45, 2.75) is 62.3 Å². The van der Waals surface area contributed by atoms with Crippen LogP contribution in [0.3, 0.4) is 0 Å². The molecule has 0 N–H and O–H groups in total. The van der Waals surface area contributed by atoms with Crippen molar-refractivity contribution in [2.24, 2.45) is 0 Å². The third-order valence-electron chi connectivity index (χ3n) is 4.68. The van der Waals surface area contributed by atoms with Crippen molar-refractivity contribution in [3.05, 3.63) is 29.8 Å². The molecule has 0 bridgehead atoms. The van der Waals surface area contributed by atoms with Crippen LogP contribution >= 0.6 is 0 Å². The largest absolute Gasteiger partial charge is 0.243 e. The normalized spacial score (nSPS) is 29.6. The minimum Gasteiger partial charge on any atom is -0.242 e. The van der Waals surface area contributed by atoms with E-state index in [2.05, 4.69) is 0 Å². The summed E-state index contributed by atoms with van der Waals surface area (Å²) in [7, 11) is -4.57. The fourth-order valence-electron chi connectivity index (χ4n) is 3.25. The van der Waals surface area contributed by atoms with Crippen LogP contribution < -0.4 is 0 Å². The summed E-state index contributed by atoms with van der Waals surface area (Å²) in [5, 5.41) is 0. The van der Waals surface area contributed by atoms with Crippen LogP contribution in [0.2, 0.25) is 0 Å². The third kappa shape index (κ3) is 3.31. The number of fused-ring (bicyclic) bond motifs is 1. The van der Waals surface area contributed by atoms with Crippen LogP contribution in [-0.4, -0.2) is 51.2 Å². The first-order valence-electron chi connectivity index (χ1n) is 8.39. The molecule has 5 nitrogen and oxygen atoms in total. The van der Waals surface area contributed by atoms with E-state index in [0.29, 0.717) is 18.0 Å². The quantitative estimate of drug-likeness (QED) is 0.767. The molecule has 4 atom stereocenters. The Morgan fingerprint density at radius 3 is 2.33 bits per heavy atom. The molecule has 24 heavy (non-hydrogen) atoms. The average molecular weight is 371 g/mol. The van der Waals surface area contributed by atoms with E-state index in [4.69, 9.17) is 0 Å². The average Bonchev–Trinajstić information content (AvgIpc) is 3.19. The van der Waals surface area contributed by atoms with Crippen LogP contribution in [0.25, 0.3) is 0 Å². The van der Waals surface area contributed by atoms with Gasteiger partial charge in [0.2, 0.25) is 10.0 Å². The van der Waals surface area contributed by atoms with Crippen molar-refractivity contribution in [1.82, 2.24) is 8.61 Å². The molecule has 1 aromatic rings. The molecule has 2 saturated heterocycles. The summed E-state index contributed by atoms with van der Waals surface area (Å²) < 4.78 is 41.7. The van der Waals surface area contributed by atoms with Gasteiger partial charge in [0, 0.05) is 19.1 Å². The van der Waals surface area contributed by atoms with Gasteiger partial charge < -0.3 is 0 Å². The minimum absolute atomic E-state index is 0.0766. The maximum Gasteiger partial charge on any atom is 0.243 e. The molecule has 2 fully saturated rings. The molecule has 1 unspecified atom stereocenters. The number of hydrogen-bond donors (Lipinski definition) is 0. The van der Waals surface area contributed by atoms with E-state index in [9.17, 15) is 12.6 Å². The molecule has 2 aliphatic heterocycles. The number of benzene rings is 1.